The van der Waals surface area contributed by atoms with Crippen molar-refractivity contribution in [2.24, 2.45) is 0 Å². The molecule has 39 heavy (non-hydrogen) atoms. The molecule has 0 aromatic heterocycles. The van der Waals surface area contributed by atoms with Crippen molar-refractivity contribution in [2.45, 2.75) is 38.0 Å². The summed E-state index contributed by atoms with van der Waals surface area (Å²) in [5, 5.41) is 3.42. The molecular formula is C33H33NO5. The van der Waals surface area contributed by atoms with Gasteiger partial charge in [-0.05, 0) is 36.5 Å². The lowest BCUT2D eigenvalue weighted by atomic mass is 9.71. The Bertz CT molecular complexity index is 1420. The first-order valence-electron chi connectivity index (χ1n) is 13.2. The van der Waals surface area contributed by atoms with Crippen molar-refractivity contribution in [3.05, 3.63) is 118 Å². The molecule has 0 spiro atoms. The van der Waals surface area contributed by atoms with Crippen LogP contribution in [0.15, 0.2) is 101 Å². The summed E-state index contributed by atoms with van der Waals surface area (Å²) < 4.78 is 17.1. The van der Waals surface area contributed by atoms with Gasteiger partial charge in [0, 0.05) is 35.4 Å². The molecule has 6 nitrogen and oxygen atoms in total. The SMILES string of the molecule is COc1cccc(C2C(C(=O)OCCc3ccccc3)=C(C)NC3=C2C(=O)CC(c2ccccc2)C3)c1OC. The molecule has 3 aromatic rings. The third-order valence-electron chi connectivity index (χ3n) is 7.53. The molecule has 3 aromatic carbocycles. The summed E-state index contributed by atoms with van der Waals surface area (Å²) in [5.74, 6) is 0.0179. The van der Waals surface area contributed by atoms with Crippen molar-refractivity contribution < 1.29 is 23.8 Å². The van der Waals surface area contributed by atoms with E-state index in [2.05, 4.69) is 17.4 Å². The Morgan fingerprint density at radius 3 is 2.31 bits per heavy atom. The number of esters is 1. The van der Waals surface area contributed by atoms with Crippen LogP contribution in [-0.4, -0.2) is 32.6 Å². The van der Waals surface area contributed by atoms with E-state index in [0.29, 0.717) is 53.2 Å². The van der Waals surface area contributed by atoms with Gasteiger partial charge in [0.15, 0.2) is 17.3 Å². The predicted octanol–water partition coefficient (Wildman–Crippen LogP) is 5.85. The molecule has 1 aliphatic carbocycles. The van der Waals surface area contributed by atoms with Gasteiger partial charge < -0.3 is 19.5 Å². The monoisotopic (exact) mass is 523 g/mol. The second kappa shape index (κ2) is 11.6. The van der Waals surface area contributed by atoms with Gasteiger partial charge in [-0.3, -0.25) is 4.79 Å². The van der Waals surface area contributed by atoms with E-state index in [0.717, 1.165) is 16.8 Å². The normalized spacial score (nSPS) is 18.8. The average Bonchev–Trinajstić information content (AvgIpc) is 2.96. The number of ketones is 1. The summed E-state index contributed by atoms with van der Waals surface area (Å²) in [7, 11) is 3.14. The fourth-order valence-corrected chi connectivity index (χ4v) is 5.70. The van der Waals surface area contributed by atoms with Crippen LogP contribution in [0.25, 0.3) is 0 Å². The number of dihydropyridines is 1. The minimum atomic E-state index is -0.639. The number of methoxy groups -OCH3 is 2. The third-order valence-corrected chi connectivity index (χ3v) is 7.53. The van der Waals surface area contributed by atoms with Crippen molar-refractivity contribution in [3.8, 4) is 11.5 Å². The van der Waals surface area contributed by atoms with E-state index in [1.165, 1.54) is 0 Å². The van der Waals surface area contributed by atoms with Gasteiger partial charge in [-0.15, -0.1) is 0 Å². The summed E-state index contributed by atoms with van der Waals surface area (Å²) in [6.45, 7) is 2.10. The van der Waals surface area contributed by atoms with Crippen LogP contribution in [0.5, 0.6) is 11.5 Å². The van der Waals surface area contributed by atoms with Gasteiger partial charge in [0.05, 0.1) is 32.3 Å². The number of Topliss-reactive ketones (excluding diaryl/α,β-unsaturated/α-hetero) is 1. The Labute approximate surface area is 229 Å². The Morgan fingerprint density at radius 1 is 0.897 bits per heavy atom. The maximum atomic E-state index is 13.9. The fourth-order valence-electron chi connectivity index (χ4n) is 5.70. The highest BCUT2D eigenvalue weighted by atomic mass is 16.5. The van der Waals surface area contributed by atoms with Crippen LogP contribution in [0.1, 0.15) is 48.3 Å². The molecule has 1 N–H and O–H groups in total. The number of hydrogen-bond acceptors (Lipinski definition) is 6. The highest BCUT2D eigenvalue weighted by Crippen LogP contribution is 2.49. The summed E-state index contributed by atoms with van der Waals surface area (Å²) in [5.41, 5.74) is 5.44. The molecule has 200 valence electrons. The Morgan fingerprint density at radius 2 is 1.62 bits per heavy atom. The summed E-state index contributed by atoms with van der Waals surface area (Å²) in [6, 6.07) is 25.5. The molecule has 0 amide bonds. The molecular weight excluding hydrogens is 490 g/mol. The molecule has 0 saturated carbocycles. The lowest BCUT2D eigenvalue weighted by Crippen LogP contribution is -2.36. The minimum Gasteiger partial charge on any atom is -0.493 e. The number of hydrogen-bond donors (Lipinski definition) is 1. The second-order valence-corrected chi connectivity index (χ2v) is 9.88. The van der Waals surface area contributed by atoms with Crippen molar-refractivity contribution in [3.63, 3.8) is 0 Å². The van der Waals surface area contributed by atoms with E-state index in [4.69, 9.17) is 14.2 Å². The first-order chi connectivity index (χ1) is 19.0. The van der Waals surface area contributed by atoms with Gasteiger partial charge in [-0.2, -0.15) is 0 Å². The number of benzene rings is 3. The van der Waals surface area contributed by atoms with Crippen molar-refractivity contribution >= 4 is 11.8 Å². The molecule has 5 rings (SSSR count). The highest BCUT2D eigenvalue weighted by molar-refractivity contribution is 6.04. The molecule has 0 radical (unpaired) electrons. The number of rotatable bonds is 8. The lowest BCUT2D eigenvalue weighted by molar-refractivity contribution is -0.139. The van der Waals surface area contributed by atoms with Crippen LogP contribution in [0.2, 0.25) is 0 Å². The standard InChI is InChI=1S/C33H33NO5/c1-21-29(33(36)39-18-17-22-11-6-4-7-12-22)30(25-15-10-16-28(37-2)32(25)38-3)31-26(34-21)19-24(20-27(31)35)23-13-8-5-9-14-23/h4-16,24,30,34H,17-20H2,1-3H3. The largest absolute Gasteiger partial charge is 0.493 e. The van der Waals surface area contributed by atoms with E-state index in [9.17, 15) is 9.59 Å². The zero-order valence-electron chi connectivity index (χ0n) is 22.5. The number of nitrogens with one attached hydrogen (secondary N) is 1. The van der Waals surface area contributed by atoms with Crippen molar-refractivity contribution in [1.29, 1.82) is 0 Å². The van der Waals surface area contributed by atoms with Crippen LogP contribution in [0.4, 0.5) is 0 Å². The number of carbonyl (C=O) groups excluding carboxylic acids is 2. The maximum absolute atomic E-state index is 13.9. The van der Waals surface area contributed by atoms with Crippen LogP contribution in [0, 0.1) is 0 Å². The minimum absolute atomic E-state index is 0.00885. The van der Waals surface area contributed by atoms with Gasteiger partial charge in [0.25, 0.3) is 0 Å². The molecule has 0 fully saturated rings. The van der Waals surface area contributed by atoms with Gasteiger partial charge in [0.2, 0.25) is 0 Å². The van der Waals surface area contributed by atoms with E-state index in [-0.39, 0.29) is 18.3 Å². The summed E-state index contributed by atoms with van der Waals surface area (Å²) in [4.78, 5) is 27.6. The number of carbonyl (C=O) groups is 2. The van der Waals surface area contributed by atoms with Crippen LogP contribution < -0.4 is 14.8 Å². The quantitative estimate of drug-likeness (QED) is 0.374. The molecule has 1 heterocycles. The molecule has 2 atom stereocenters. The zero-order chi connectivity index (χ0) is 27.4. The topological polar surface area (TPSA) is 73.9 Å². The van der Waals surface area contributed by atoms with Gasteiger partial charge in [-0.25, -0.2) is 4.79 Å². The van der Waals surface area contributed by atoms with Crippen LogP contribution in [0.3, 0.4) is 0 Å². The molecule has 0 bridgehead atoms. The first kappa shape index (κ1) is 26.3. The van der Waals surface area contributed by atoms with Gasteiger partial charge in [0.1, 0.15) is 0 Å². The molecule has 2 unspecified atom stereocenters. The number of para-hydroxylation sites is 1. The number of allylic oxidation sites excluding steroid dienone is 3. The van der Waals surface area contributed by atoms with Gasteiger partial charge in [-0.1, -0.05) is 72.8 Å². The second-order valence-electron chi connectivity index (χ2n) is 9.88. The van der Waals surface area contributed by atoms with Crippen LogP contribution >= 0.6 is 0 Å². The summed E-state index contributed by atoms with van der Waals surface area (Å²) >= 11 is 0. The van der Waals surface area contributed by atoms with E-state index >= 15 is 0 Å². The van der Waals surface area contributed by atoms with Crippen molar-refractivity contribution in [2.75, 3.05) is 20.8 Å². The zero-order valence-corrected chi connectivity index (χ0v) is 22.5. The highest BCUT2D eigenvalue weighted by Gasteiger charge is 2.42. The molecule has 1 aliphatic heterocycles. The molecule has 0 saturated heterocycles. The number of ether oxygens (including phenoxy) is 3. The summed E-state index contributed by atoms with van der Waals surface area (Å²) in [6.07, 6.45) is 1.63. The smallest absolute Gasteiger partial charge is 0.336 e. The average molecular weight is 524 g/mol. The van der Waals surface area contributed by atoms with E-state index in [1.54, 1.807) is 20.3 Å². The van der Waals surface area contributed by atoms with E-state index in [1.807, 2.05) is 67.6 Å². The third kappa shape index (κ3) is 5.32. The Balaban J connectivity index is 1.53. The maximum Gasteiger partial charge on any atom is 0.336 e. The Hall–Kier alpha value is -4.32. The predicted molar refractivity (Wildman–Crippen MR) is 150 cm³/mol. The fraction of sp³-hybridized carbons (Fsp3) is 0.273. The first-order valence-corrected chi connectivity index (χ1v) is 13.2. The van der Waals surface area contributed by atoms with Gasteiger partial charge >= 0.3 is 5.97 Å². The molecule has 6 heteroatoms. The van der Waals surface area contributed by atoms with E-state index < -0.39 is 11.9 Å². The lowest BCUT2D eigenvalue weighted by Gasteiger charge is -2.37. The van der Waals surface area contributed by atoms with Crippen LogP contribution in [-0.2, 0) is 20.7 Å². The van der Waals surface area contributed by atoms with Crippen molar-refractivity contribution in [1.82, 2.24) is 5.32 Å². The molecule has 2 aliphatic rings. The Kier molecular flexibility index (Phi) is 7.82.